The normalized spacial score (nSPS) is 12.4. The number of fused-ring (bicyclic) bond motifs is 1. The molecule has 0 saturated carbocycles. The Hall–Kier alpha value is -3.46. The van der Waals surface area contributed by atoms with Crippen LogP contribution in [0.5, 0.6) is 23.0 Å². The number of hydrogen-bond donors (Lipinski definition) is 0. The average Bonchev–Trinajstić information content (AvgIpc) is 3.13. The van der Waals surface area contributed by atoms with E-state index < -0.39 is 5.78 Å². The van der Waals surface area contributed by atoms with E-state index in [0.29, 0.717) is 34.1 Å². The van der Waals surface area contributed by atoms with Crippen LogP contribution in [0.25, 0.3) is 6.08 Å². The zero-order valence-electron chi connectivity index (χ0n) is 13.7. The summed E-state index contributed by atoms with van der Waals surface area (Å²) < 4.78 is 20.9. The third-order valence-corrected chi connectivity index (χ3v) is 3.72. The van der Waals surface area contributed by atoms with Gasteiger partial charge in [-0.1, -0.05) is 6.07 Å². The highest BCUT2D eigenvalue weighted by atomic mass is 16.7. The van der Waals surface area contributed by atoms with E-state index in [0.717, 1.165) is 0 Å². The second-order valence-corrected chi connectivity index (χ2v) is 5.18. The van der Waals surface area contributed by atoms with Gasteiger partial charge in [0.05, 0.1) is 14.2 Å². The minimum absolute atomic E-state index is 0.00563. The number of nitrogens with zero attached hydrogens (tertiary/aromatic N) is 1. The number of benzene rings is 2. The van der Waals surface area contributed by atoms with Gasteiger partial charge in [-0.05, 0) is 42.0 Å². The second-order valence-electron chi connectivity index (χ2n) is 5.18. The monoisotopic (exact) mass is 337 g/mol. The maximum atomic E-state index is 12.6. The maximum Gasteiger partial charge on any atom is 0.231 e. The molecule has 0 spiro atoms. The molecular weight excluding hydrogens is 322 g/mol. The lowest BCUT2D eigenvalue weighted by Crippen LogP contribution is -2.02. The van der Waals surface area contributed by atoms with Crippen molar-refractivity contribution in [2.75, 3.05) is 21.0 Å². The van der Waals surface area contributed by atoms with Crippen LogP contribution in [0.1, 0.15) is 15.9 Å². The first kappa shape index (κ1) is 16.4. The Morgan fingerprint density at radius 1 is 1.08 bits per heavy atom. The van der Waals surface area contributed by atoms with Crippen molar-refractivity contribution in [1.29, 1.82) is 5.26 Å². The second kappa shape index (κ2) is 6.97. The first-order chi connectivity index (χ1) is 12.2. The number of methoxy groups -OCH3 is 2. The molecule has 2 aromatic rings. The van der Waals surface area contributed by atoms with Gasteiger partial charge in [-0.15, -0.1) is 0 Å². The lowest BCUT2D eigenvalue weighted by molar-refractivity contribution is 0.103. The predicted octanol–water partition coefficient (Wildman–Crippen LogP) is 3.22. The van der Waals surface area contributed by atoms with Gasteiger partial charge >= 0.3 is 0 Å². The number of rotatable bonds is 5. The van der Waals surface area contributed by atoms with Gasteiger partial charge in [0, 0.05) is 5.56 Å². The van der Waals surface area contributed by atoms with Gasteiger partial charge in [-0.25, -0.2) is 0 Å². The highest BCUT2D eigenvalue weighted by molar-refractivity contribution is 6.14. The molecule has 25 heavy (non-hydrogen) atoms. The summed E-state index contributed by atoms with van der Waals surface area (Å²) in [6.45, 7) is 0.125. The third-order valence-electron chi connectivity index (χ3n) is 3.72. The molecule has 0 fully saturated rings. The Balaban J connectivity index is 1.93. The number of carbonyl (C=O) groups excluding carboxylic acids is 1. The van der Waals surface area contributed by atoms with E-state index in [1.54, 1.807) is 36.4 Å². The lowest BCUT2D eigenvalue weighted by atomic mass is 10.0. The van der Waals surface area contributed by atoms with Crippen LogP contribution in [-0.4, -0.2) is 26.8 Å². The number of nitriles is 1. The quantitative estimate of drug-likeness (QED) is 0.473. The lowest BCUT2D eigenvalue weighted by Gasteiger charge is -2.08. The van der Waals surface area contributed by atoms with E-state index in [-0.39, 0.29) is 12.4 Å². The molecule has 126 valence electrons. The average molecular weight is 337 g/mol. The summed E-state index contributed by atoms with van der Waals surface area (Å²) in [6.07, 6.45) is 1.51. The van der Waals surface area contributed by atoms with E-state index in [9.17, 15) is 10.1 Å². The number of allylic oxidation sites excluding steroid dienone is 1. The van der Waals surface area contributed by atoms with Gasteiger partial charge in [0.15, 0.2) is 23.0 Å². The molecule has 6 nitrogen and oxygen atoms in total. The molecule has 1 aliphatic rings. The summed E-state index contributed by atoms with van der Waals surface area (Å²) in [6, 6.07) is 11.9. The van der Waals surface area contributed by atoms with E-state index >= 15 is 0 Å². The van der Waals surface area contributed by atoms with Gasteiger partial charge in [0.25, 0.3) is 0 Å². The van der Waals surface area contributed by atoms with Crippen molar-refractivity contribution < 1.29 is 23.7 Å². The van der Waals surface area contributed by atoms with Crippen LogP contribution < -0.4 is 18.9 Å². The fraction of sp³-hybridized carbons (Fsp3) is 0.158. The van der Waals surface area contributed by atoms with Crippen molar-refractivity contribution in [3.63, 3.8) is 0 Å². The maximum absolute atomic E-state index is 12.6. The molecule has 0 N–H and O–H groups in total. The molecule has 0 atom stereocenters. The van der Waals surface area contributed by atoms with Crippen LogP contribution in [0.3, 0.4) is 0 Å². The molecule has 1 heterocycles. The smallest absolute Gasteiger partial charge is 0.231 e. The number of ether oxygens (including phenoxy) is 4. The minimum Gasteiger partial charge on any atom is -0.493 e. The van der Waals surface area contributed by atoms with Crippen molar-refractivity contribution in [3.8, 4) is 29.1 Å². The summed E-state index contributed by atoms with van der Waals surface area (Å²) >= 11 is 0. The van der Waals surface area contributed by atoms with E-state index in [2.05, 4.69) is 0 Å². The van der Waals surface area contributed by atoms with E-state index in [4.69, 9.17) is 18.9 Å². The number of hydrogen-bond acceptors (Lipinski definition) is 6. The molecule has 2 aromatic carbocycles. The highest BCUT2D eigenvalue weighted by Gasteiger charge is 2.18. The number of carbonyl (C=O) groups is 1. The Kier molecular flexibility index (Phi) is 4.57. The summed E-state index contributed by atoms with van der Waals surface area (Å²) in [5.41, 5.74) is 1.02. The Bertz CT molecular complexity index is 895. The minimum atomic E-state index is -0.393. The molecule has 1 aliphatic heterocycles. The van der Waals surface area contributed by atoms with Crippen molar-refractivity contribution >= 4 is 11.9 Å². The SMILES string of the molecule is COc1ccc(/C=C(\C#N)C(=O)c2ccc3c(c2)OCO3)cc1OC. The first-order valence-corrected chi connectivity index (χ1v) is 7.44. The molecule has 6 heteroatoms. The number of ketones is 1. The van der Waals surface area contributed by atoms with Crippen LogP contribution in [0, 0.1) is 11.3 Å². The Morgan fingerprint density at radius 2 is 1.84 bits per heavy atom. The van der Waals surface area contributed by atoms with Gasteiger partial charge in [-0.3, -0.25) is 4.79 Å². The molecule has 0 aromatic heterocycles. The molecule has 0 aliphatic carbocycles. The van der Waals surface area contributed by atoms with E-state index in [1.165, 1.54) is 20.3 Å². The van der Waals surface area contributed by atoms with Crippen molar-refractivity contribution in [1.82, 2.24) is 0 Å². The molecular formula is C19H15NO5. The van der Waals surface area contributed by atoms with Crippen LogP contribution in [0.2, 0.25) is 0 Å². The molecule has 0 unspecified atom stereocenters. The van der Waals surface area contributed by atoms with Crippen molar-refractivity contribution in [3.05, 3.63) is 53.1 Å². The highest BCUT2D eigenvalue weighted by Crippen LogP contribution is 2.33. The van der Waals surface area contributed by atoms with Crippen LogP contribution in [0.15, 0.2) is 42.0 Å². The predicted molar refractivity (Wildman–Crippen MR) is 90.0 cm³/mol. The standard InChI is InChI=1S/C19H15NO5/c1-22-15-5-3-12(8-17(15)23-2)7-14(10-20)19(21)13-4-6-16-18(9-13)25-11-24-16/h3-9H,11H2,1-2H3/b14-7+. The van der Waals surface area contributed by atoms with Gasteiger partial charge in [0.1, 0.15) is 11.6 Å². The largest absolute Gasteiger partial charge is 0.493 e. The zero-order chi connectivity index (χ0) is 17.8. The topological polar surface area (TPSA) is 77.8 Å². The molecule has 0 bridgehead atoms. The molecule has 0 amide bonds. The van der Waals surface area contributed by atoms with Crippen LogP contribution in [0.4, 0.5) is 0 Å². The van der Waals surface area contributed by atoms with E-state index in [1.807, 2.05) is 6.07 Å². The summed E-state index contributed by atoms with van der Waals surface area (Å²) in [4.78, 5) is 12.6. The van der Waals surface area contributed by atoms with Crippen LogP contribution >= 0.6 is 0 Å². The van der Waals surface area contributed by atoms with Gasteiger partial charge in [-0.2, -0.15) is 5.26 Å². The molecule has 0 radical (unpaired) electrons. The molecule has 3 rings (SSSR count). The molecule has 0 saturated heterocycles. The summed E-state index contributed by atoms with van der Waals surface area (Å²) in [7, 11) is 3.06. The Labute approximate surface area is 144 Å². The third kappa shape index (κ3) is 3.26. The van der Waals surface area contributed by atoms with Crippen LogP contribution in [-0.2, 0) is 0 Å². The fourth-order valence-electron chi connectivity index (χ4n) is 2.45. The van der Waals surface area contributed by atoms with Gasteiger partial charge in [0.2, 0.25) is 12.6 Å². The van der Waals surface area contributed by atoms with Gasteiger partial charge < -0.3 is 18.9 Å². The van der Waals surface area contributed by atoms with Crippen molar-refractivity contribution in [2.45, 2.75) is 0 Å². The first-order valence-electron chi connectivity index (χ1n) is 7.44. The zero-order valence-corrected chi connectivity index (χ0v) is 13.7. The fourth-order valence-corrected chi connectivity index (χ4v) is 2.45. The summed E-state index contributed by atoms with van der Waals surface area (Å²) in [5.74, 6) is 1.77. The number of Topliss-reactive ketones (excluding diaryl/α,β-unsaturated/α-hetero) is 1. The van der Waals surface area contributed by atoms with Crippen molar-refractivity contribution in [2.24, 2.45) is 0 Å². The summed E-state index contributed by atoms with van der Waals surface area (Å²) in [5, 5.41) is 9.39. The Morgan fingerprint density at radius 3 is 2.56 bits per heavy atom.